The molecule has 0 saturated heterocycles. The second kappa shape index (κ2) is 6.21. The molecule has 20 heavy (non-hydrogen) atoms. The number of halogens is 2. The lowest BCUT2D eigenvalue weighted by molar-refractivity contribution is 0.102. The lowest BCUT2D eigenvalue weighted by Gasteiger charge is -2.08. The Labute approximate surface area is 133 Å². The van der Waals surface area contributed by atoms with Crippen LogP contribution in [0.1, 0.15) is 21.5 Å². The molecule has 0 aliphatic carbocycles. The highest BCUT2D eigenvalue weighted by Gasteiger charge is 2.09. The van der Waals surface area contributed by atoms with Gasteiger partial charge in [-0.25, -0.2) is 0 Å². The third-order valence-corrected chi connectivity index (χ3v) is 4.31. The van der Waals surface area contributed by atoms with Crippen LogP contribution in [0.2, 0.25) is 0 Å². The second-order valence-electron chi connectivity index (χ2n) is 4.22. The molecule has 0 bridgehead atoms. The van der Waals surface area contributed by atoms with E-state index in [1.165, 1.54) is 0 Å². The number of nitrogens with zero attached hydrogens (tertiary/aromatic N) is 1. The first kappa shape index (κ1) is 14.8. The van der Waals surface area contributed by atoms with Gasteiger partial charge in [-0.15, -0.1) is 0 Å². The fourth-order valence-corrected chi connectivity index (χ4v) is 2.39. The van der Waals surface area contributed by atoms with Crippen molar-refractivity contribution in [3.05, 3.63) is 62.0 Å². The van der Waals surface area contributed by atoms with Crippen molar-refractivity contribution in [2.75, 3.05) is 5.32 Å². The number of hydrogen-bond acceptors (Lipinski definition) is 2. The van der Waals surface area contributed by atoms with Crippen molar-refractivity contribution in [2.45, 2.75) is 6.92 Å². The Balaban J connectivity index is 2.23. The van der Waals surface area contributed by atoms with E-state index in [9.17, 15) is 4.79 Å². The van der Waals surface area contributed by atoms with E-state index in [4.69, 9.17) is 5.26 Å². The third-order valence-electron chi connectivity index (χ3n) is 2.77. The summed E-state index contributed by atoms with van der Waals surface area (Å²) in [7, 11) is 0. The smallest absolute Gasteiger partial charge is 0.255 e. The van der Waals surface area contributed by atoms with Crippen LogP contribution in [0, 0.1) is 18.3 Å². The molecular weight excluding hydrogens is 384 g/mol. The molecule has 0 aromatic heterocycles. The number of benzene rings is 2. The van der Waals surface area contributed by atoms with Crippen LogP contribution >= 0.6 is 31.9 Å². The van der Waals surface area contributed by atoms with Crippen LogP contribution in [0.4, 0.5) is 5.69 Å². The number of carbonyl (C=O) groups excluding carboxylic acids is 1. The Morgan fingerprint density at radius 3 is 2.50 bits per heavy atom. The molecule has 1 amide bonds. The largest absolute Gasteiger partial charge is 0.321 e. The molecule has 0 aliphatic heterocycles. The molecule has 2 rings (SSSR count). The van der Waals surface area contributed by atoms with Crippen molar-refractivity contribution in [2.24, 2.45) is 0 Å². The molecule has 0 heterocycles. The van der Waals surface area contributed by atoms with E-state index < -0.39 is 0 Å². The first-order chi connectivity index (χ1) is 9.51. The van der Waals surface area contributed by atoms with Gasteiger partial charge in [-0.05, 0) is 64.8 Å². The Hall–Kier alpha value is -1.64. The summed E-state index contributed by atoms with van der Waals surface area (Å²) in [5.41, 5.74) is 2.75. The Kier molecular flexibility index (Phi) is 4.58. The van der Waals surface area contributed by atoms with Crippen molar-refractivity contribution in [3.63, 3.8) is 0 Å². The van der Waals surface area contributed by atoms with Gasteiger partial charge >= 0.3 is 0 Å². The van der Waals surface area contributed by atoms with E-state index in [0.29, 0.717) is 21.3 Å². The summed E-state index contributed by atoms with van der Waals surface area (Å²) in [6.07, 6.45) is 0. The summed E-state index contributed by atoms with van der Waals surface area (Å²) in [5.74, 6) is -0.189. The van der Waals surface area contributed by atoms with Crippen molar-refractivity contribution >= 4 is 43.5 Å². The number of amides is 1. The van der Waals surface area contributed by atoms with Crippen LogP contribution in [0.5, 0.6) is 0 Å². The third kappa shape index (κ3) is 3.27. The second-order valence-corrected chi connectivity index (χ2v) is 5.93. The Morgan fingerprint density at radius 2 is 1.90 bits per heavy atom. The van der Waals surface area contributed by atoms with Crippen LogP contribution < -0.4 is 5.32 Å². The van der Waals surface area contributed by atoms with Gasteiger partial charge in [-0.1, -0.05) is 15.9 Å². The lowest BCUT2D eigenvalue weighted by atomic mass is 10.1. The predicted octanol–water partition coefficient (Wildman–Crippen LogP) is 4.64. The fraction of sp³-hybridized carbons (Fsp3) is 0.0667. The van der Waals surface area contributed by atoms with E-state index >= 15 is 0 Å². The van der Waals surface area contributed by atoms with Gasteiger partial charge in [0.05, 0.1) is 17.3 Å². The first-order valence-electron chi connectivity index (χ1n) is 5.78. The van der Waals surface area contributed by atoms with Gasteiger partial charge in [0, 0.05) is 14.5 Å². The van der Waals surface area contributed by atoms with Crippen LogP contribution in [-0.4, -0.2) is 5.91 Å². The molecule has 3 nitrogen and oxygen atoms in total. The summed E-state index contributed by atoms with van der Waals surface area (Å²) in [6.45, 7) is 1.93. The number of rotatable bonds is 2. The minimum absolute atomic E-state index is 0.189. The monoisotopic (exact) mass is 392 g/mol. The molecule has 1 N–H and O–H groups in total. The van der Waals surface area contributed by atoms with E-state index in [2.05, 4.69) is 37.2 Å². The molecule has 0 aliphatic rings. The maximum absolute atomic E-state index is 12.2. The van der Waals surface area contributed by atoms with Gasteiger partial charge in [-0.2, -0.15) is 5.26 Å². The molecular formula is C15H10Br2N2O. The molecule has 0 atom stereocenters. The minimum atomic E-state index is -0.189. The quantitative estimate of drug-likeness (QED) is 0.807. The summed E-state index contributed by atoms with van der Waals surface area (Å²) < 4.78 is 1.65. The number of anilines is 1. The number of nitrogens with one attached hydrogen (secondary N) is 1. The van der Waals surface area contributed by atoms with Crippen molar-refractivity contribution in [3.8, 4) is 6.07 Å². The van der Waals surface area contributed by atoms with Gasteiger partial charge in [0.25, 0.3) is 5.91 Å². The van der Waals surface area contributed by atoms with E-state index in [1.807, 2.05) is 25.1 Å². The molecule has 0 spiro atoms. The topological polar surface area (TPSA) is 52.9 Å². The molecule has 100 valence electrons. The Morgan fingerprint density at radius 1 is 1.15 bits per heavy atom. The minimum Gasteiger partial charge on any atom is -0.321 e. The zero-order valence-corrected chi connectivity index (χ0v) is 13.7. The SMILES string of the molecule is Cc1cc(C(=O)Nc2ccc(C#N)cc2Br)ccc1Br. The maximum Gasteiger partial charge on any atom is 0.255 e. The summed E-state index contributed by atoms with van der Waals surface area (Å²) in [4.78, 5) is 12.2. The molecule has 0 unspecified atom stereocenters. The standard InChI is InChI=1S/C15H10Br2N2O/c1-9-6-11(3-4-12(9)16)15(20)19-14-5-2-10(8-18)7-13(14)17/h2-7H,1H3,(H,19,20). The van der Waals surface area contributed by atoms with Crippen molar-refractivity contribution in [1.29, 1.82) is 5.26 Å². The molecule has 2 aromatic carbocycles. The van der Waals surface area contributed by atoms with Crippen LogP contribution in [-0.2, 0) is 0 Å². The molecule has 5 heteroatoms. The normalized spacial score (nSPS) is 9.90. The van der Waals surface area contributed by atoms with Gasteiger partial charge in [0.15, 0.2) is 0 Å². The summed E-state index contributed by atoms with van der Waals surface area (Å²) in [5, 5.41) is 11.6. The van der Waals surface area contributed by atoms with Gasteiger partial charge in [-0.3, -0.25) is 4.79 Å². The molecule has 0 saturated carbocycles. The summed E-state index contributed by atoms with van der Waals surface area (Å²) in [6, 6.07) is 12.5. The van der Waals surface area contributed by atoms with Crippen molar-refractivity contribution in [1.82, 2.24) is 0 Å². The van der Waals surface area contributed by atoms with Crippen LogP contribution in [0.25, 0.3) is 0 Å². The predicted molar refractivity (Wildman–Crippen MR) is 85.7 cm³/mol. The molecule has 0 fully saturated rings. The number of nitriles is 1. The first-order valence-corrected chi connectivity index (χ1v) is 7.37. The molecule has 0 radical (unpaired) electrons. The highest BCUT2D eigenvalue weighted by atomic mass is 79.9. The molecule has 2 aromatic rings. The zero-order valence-electron chi connectivity index (χ0n) is 10.6. The highest BCUT2D eigenvalue weighted by Crippen LogP contribution is 2.24. The number of carbonyl (C=O) groups is 1. The Bertz CT molecular complexity index is 720. The number of hydrogen-bond donors (Lipinski definition) is 1. The lowest BCUT2D eigenvalue weighted by Crippen LogP contribution is -2.12. The van der Waals surface area contributed by atoms with Gasteiger partial charge in [0.2, 0.25) is 0 Å². The maximum atomic E-state index is 12.2. The van der Waals surface area contributed by atoms with Gasteiger partial charge in [0.1, 0.15) is 0 Å². The zero-order chi connectivity index (χ0) is 14.7. The van der Waals surface area contributed by atoms with Crippen LogP contribution in [0.3, 0.4) is 0 Å². The van der Waals surface area contributed by atoms with Gasteiger partial charge < -0.3 is 5.32 Å². The fourth-order valence-electron chi connectivity index (χ4n) is 1.67. The average molecular weight is 394 g/mol. The van der Waals surface area contributed by atoms with E-state index in [-0.39, 0.29) is 5.91 Å². The highest BCUT2D eigenvalue weighted by molar-refractivity contribution is 9.10. The number of aryl methyl sites for hydroxylation is 1. The van der Waals surface area contributed by atoms with Crippen LogP contribution in [0.15, 0.2) is 45.3 Å². The average Bonchev–Trinajstić information content (AvgIpc) is 2.43. The van der Waals surface area contributed by atoms with E-state index in [1.54, 1.807) is 24.3 Å². The summed E-state index contributed by atoms with van der Waals surface area (Å²) >= 11 is 6.74. The van der Waals surface area contributed by atoms with Crippen molar-refractivity contribution < 1.29 is 4.79 Å². The van der Waals surface area contributed by atoms with E-state index in [0.717, 1.165) is 10.0 Å².